The molecule has 0 atom stereocenters. The van der Waals surface area contributed by atoms with Gasteiger partial charge in [0, 0.05) is 36.6 Å². The molecule has 8 aromatic carbocycles. The molecular formula is C49H31NS. The van der Waals surface area contributed by atoms with E-state index in [0.717, 1.165) is 0 Å². The number of aromatic nitrogens is 1. The minimum atomic E-state index is -0.517. The van der Waals surface area contributed by atoms with Crippen LogP contribution in [0.3, 0.4) is 0 Å². The highest BCUT2D eigenvalue weighted by atomic mass is 32.1. The maximum Gasteiger partial charge on any atom is 0.0714 e. The number of nitrogens with zero attached hydrogens (tertiary/aromatic N) is 1. The van der Waals surface area contributed by atoms with E-state index in [0.29, 0.717) is 0 Å². The fourth-order valence-electron chi connectivity index (χ4n) is 8.90. The van der Waals surface area contributed by atoms with Crippen LogP contribution in [0.5, 0.6) is 0 Å². The Balaban J connectivity index is 1.20. The molecule has 0 amide bonds. The molecule has 0 unspecified atom stereocenters. The van der Waals surface area contributed by atoms with Crippen LogP contribution in [0.25, 0.3) is 69.9 Å². The zero-order valence-electron chi connectivity index (χ0n) is 27.8. The first-order chi connectivity index (χ1) is 25.3. The van der Waals surface area contributed by atoms with E-state index in [4.69, 9.17) is 0 Å². The molecule has 0 radical (unpaired) electrons. The van der Waals surface area contributed by atoms with Gasteiger partial charge in [0.2, 0.25) is 0 Å². The van der Waals surface area contributed by atoms with Gasteiger partial charge in [0.15, 0.2) is 0 Å². The number of para-hydroxylation sites is 2. The van der Waals surface area contributed by atoms with Gasteiger partial charge in [-0.1, -0.05) is 140 Å². The van der Waals surface area contributed by atoms with Crippen molar-refractivity contribution in [2.45, 2.75) is 5.41 Å². The van der Waals surface area contributed by atoms with Crippen molar-refractivity contribution in [3.8, 4) is 27.9 Å². The fraction of sp³-hybridized carbons (Fsp3) is 0.0204. The molecule has 238 valence electrons. The molecule has 2 heteroatoms. The summed E-state index contributed by atoms with van der Waals surface area (Å²) >= 11 is 1.87. The molecule has 10 aromatic rings. The molecule has 2 aromatic heterocycles. The minimum Gasteiger partial charge on any atom is -0.309 e. The molecule has 1 aliphatic rings. The monoisotopic (exact) mass is 665 g/mol. The van der Waals surface area contributed by atoms with E-state index in [9.17, 15) is 0 Å². The summed E-state index contributed by atoms with van der Waals surface area (Å²) in [7, 11) is 0. The second-order valence-electron chi connectivity index (χ2n) is 13.7. The smallest absolute Gasteiger partial charge is 0.0714 e. The zero-order valence-corrected chi connectivity index (χ0v) is 28.6. The first-order valence-electron chi connectivity index (χ1n) is 17.6. The Labute approximate surface area is 300 Å². The number of rotatable bonds is 4. The predicted molar refractivity (Wildman–Crippen MR) is 216 cm³/mol. The highest BCUT2D eigenvalue weighted by Crippen LogP contribution is 2.57. The zero-order chi connectivity index (χ0) is 33.5. The van der Waals surface area contributed by atoms with Crippen molar-refractivity contribution in [1.82, 2.24) is 4.57 Å². The van der Waals surface area contributed by atoms with Gasteiger partial charge in [-0.2, -0.15) is 0 Å². The molecular weight excluding hydrogens is 635 g/mol. The number of hydrogen-bond acceptors (Lipinski definition) is 1. The van der Waals surface area contributed by atoms with E-state index in [1.165, 1.54) is 92.2 Å². The van der Waals surface area contributed by atoms with Crippen molar-refractivity contribution in [2.24, 2.45) is 0 Å². The lowest BCUT2D eigenvalue weighted by molar-refractivity contribution is 0.768. The largest absolute Gasteiger partial charge is 0.309 e. The second kappa shape index (κ2) is 10.9. The molecule has 2 heterocycles. The van der Waals surface area contributed by atoms with Crippen molar-refractivity contribution >= 4 is 53.3 Å². The van der Waals surface area contributed by atoms with Crippen LogP contribution in [-0.2, 0) is 5.41 Å². The van der Waals surface area contributed by atoms with Gasteiger partial charge in [0.25, 0.3) is 0 Å². The van der Waals surface area contributed by atoms with E-state index < -0.39 is 5.41 Å². The molecule has 51 heavy (non-hydrogen) atoms. The van der Waals surface area contributed by atoms with Gasteiger partial charge in [-0.25, -0.2) is 0 Å². The quantitative estimate of drug-likeness (QED) is 0.176. The van der Waals surface area contributed by atoms with Crippen molar-refractivity contribution in [3.63, 3.8) is 0 Å². The van der Waals surface area contributed by atoms with Crippen LogP contribution < -0.4 is 0 Å². The minimum absolute atomic E-state index is 0.517. The number of benzene rings is 8. The Kier molecular flexibility index (Phi) is 6.11. The Morgan fingerprint density at radius 3 is 1.57 bits per heavy atom. The van der Waals surface area contributed by atoms with Gasteiger partial charge in [-0.3, -0.25) is 0 Å². The highest BCUT2D eigenvalue weighted by molar-refractivity contribution is 7.25. The maximum absolute atomic E-state index is 2.48. The first-order valence-corrected chi connectivity index (χ1v) is 18.4. The standard InChI is InChI=1S/C49H31NS/c1-3-13-34(14-4-1)49(35-15-5-2-6-16-35)43-30-33(32-24-28-48-42(29-32)41-19-9-12-22-47(41)51-48)23-26-37(43)38-27-25-36(31-44(38)49)50-45-20-10-7-17-39(45)40-18-8-11-21-46(40)50/h1-31H. The lowest BCUT2D eigenvalue weighted by Gasteiger charge is -2.34. The van der Waals surface area contributed by atoms with E-state index in [1.807, 2.05) is 11.3 Å². The Bertz CT molecular complexity index is 2870. The molecule has 0 fully saturated rings. The van der Waals surface area contributed by atoms with Crippen LogP contribution in [0.2, 0.25) is 0 Å². The first kappa shape index (κ1) is 28.6. The summed E-state index contributed by atoms with van der Waals surface area (Å²) in [4.78, 5) is 0. The average Bonchev–Trinajstić information content (AvgIpc) is 3.84. The van der Waals surface area contributed by atoms with Gasteiger partial charge in [-0.05, 0) is 93.0 Å². The van der Waals surface area contributed by atoms with E-state index in [2.05, 4.69) is 193 Å². The SMILES string of the molecule is c1ccc(C2(c3ccccc3)c3cc(-c4ccc5sc6ccccc6c5c4)ccc3-c3ccc(-n4c5ccccc5c5ccccc54)cc32)cc1. The molecule has 0 bridgehead atoms. The average molecular weight is 666 g/mol. The molecule has 1 nitrogen and oxygen atoms in total. The van der Waals surface area contributed by atoms with Gasteiger partial charge in [0.1, 0.15) is 0 Å². The third kappa shape index (κ3) is 4.03. The molecule has 0 N–H and O–H groups in total. The van der Waals surface area contributed by atoms with Crippen LogP contribution in [0.4, 0.5) is 0 Å². The van der Waals surface area contributed by atoms with Crippen molar-refractivity contribution in [1.29, 1.82) is 0 Å². The van der Waals surface area contributed by atoms with Crippen molar-refractivity contribution < 1.29 is 0 Å². The van der Waals surface area contributed by atoms with E-state index in [-0.39, 0.29) is 0 Å². The molecule has 11 rings (SSSR count). The maximum atomic E-state index is 2.48. The molecule has 0 spiro atoms. The molecule has 0 saturated heterocycles. The normalized spacial score (nSPS) is 13.3. The van der Waals surface area contributed by atoms with Gasteiger partial charge in [-0.15, -0.1) is 11.3 Å². The molecule has 1 aliphatic carbocycles. The van der Waals surface area contributed by atoms with Crippen LogP contribution in [0.15, 0.2) is 188 Å². The van der Waals surface area contributed by atoms with Crippen LogP contribution >= 0.6 is 11.3 Å². The summed E-state index contributed by atoms with van der Waals surface area (Å²) in [6.07, 6.45) is 0. The van der Waals surface area contributed by atoms with E-state index in [1.54, 1.807) is 0 Å². The van der Waals surface area contributed by atoms with Gasteiger partial charge in [0.05, 0.1) is 16.4 Å². The Morgan fingerprint density at radius 1 is 0.373 bits per heavy atom. The summed E-state index contributed by atoms with van der Waals surface area (Å²) in [6, 6.07) is 69.9. The lowest BCUT2D eigenvalue weighted by Crippen LogP contribution is -2.28. The van der Waals surface area contributed by atoms with Crippen LogP contribution in [0, 0.1) is 0 Å². The van der Waals surface area contributed by atoms with E-state index >= 15 is 0 Å². The topological polar surface area (TPSA) is 4.93 Å². The summed E-state index contributed by atoms with van der Waals surface area (Å²) < 4.78 is 5.11. The number of fused-ring (bicyclic) bond motifs is 9. The predicted octanol–water partition coefficient (Wildman–Crippen LogP) is 13.2. The Morgan fingerprint density at radius 2 is 0.882 bits per heavy atom. The summed E-state index contributed by atoms with van der Waals surface area (Å²) in [5.74, 6) is 0. The third-order valence-electron chi connectivity index (χ3n) is 11.1. The molecule has 0 aliphatic heterocycles. The second-order valence-corrected chi connectivity index (χ2v) is 14.7. The van der Waals surface area contributed by atoms with Crippen LogP contribution in [0.1, 0.15) is 22.3 Å². The third-order valence-corrected chi connectivity index (χ3v) is 12.2. The van der Waals surface area contributed by atoms with Crippen LogP contribution in [-0.4, -0.2) is 4.57 Å². The van der Waals surface area contributed by atoms with Gasteiger partial charge < -0.3 is 4.57 Å². The summed E-state index contributed by atoms with van der Waals surface area (Å²) in [5.41, 5.74) is 13.3. The number of hydrogen-bond donors (Lipinski definition) is 0. The Hall–Kier alpha value is -6.22. The fourth-order valence-corrected chi connectivity index (χ4v) is 9.99. The highest BCUT2D eigenvalue weighted by Gasteiger charge is 2.46. The summed E-state index contributed by atoms with van der Waals surface area (Å²) in [6.45, 7) is 0. The number of thiophene rings is 1. The summed E-state index contributed by atoms with van der Waals surface area (Å²) in [5, 5.41) is 5.20. The van der Waals surface area contributed by atoms with Crippen molar-refractivity contribution in [3.05, 3.63) is 210 Å². The lowest BCUT2D eigenvalue weighted by atomic mass is 9.67. The van der Waals surface area contributed by atoms with Gasteiger partial charge >= 0.3 is 0 Å². The van der Waals surface area contributed by atoms with Crippen molar-refractivity contribution in [2.75, 3.05) is 0 Å². The molecule has 0 saturated carbocycles.